The van der Waals surface area contributed by atoms with Crippen LogP contribution in [0.5, 0.6) is 0 Å². The third kappa shape index (κ3) is 11.8. The first kappa shape index (κ1) is 46.3. The lowest BCUT2D eigenvalue weighted by molar-refractivity contribution is -0.684. The van der Waals surface area contributed by atoms with Crippen LogP contribution >= 0.6 is 0 Å². The number of rotatable bonds is 18. The lowest BCUT2D eigenvalue weighted by Gasteiger charge is -2.38. The summed E-state index contributed by atoms with van der Waals surface area (Å²) in [7, 11) is 1.77. The van der Waals surface area contributed by atoms with Gasteiger partial charge in [-0.2, -0.15) is 9.67 Å². The second kappa shape index (κ2) is 21.4. The van der Waals surface area contributed by atoms with Gasteiger partial charge in [0.1, 0.15) is 5.52 Å². The van der Waals surface area contributed by atoms with Crippen molar-refractivity contribution in [1.29, 1.82) is 0 Å². The van der Waals surface area contributed by atoms with E-state index in [0.717, 1.165) is 47.1 Å². The van der Waals surface area contributed by atoms with Gasteiger partial charge >= 0.3 is 0 Å². The van der Waals surface area contributed by atoms with E-state index in [1.165, 1.54) is 21.7 Å². The van der Waals surface area contributed by atoms with E-state index in [0.29, 0.717) is 63.1 Å². The van der Waals surface area contributed by atoms with Crippen LogP contribution in [-0.4, -0.2) is 72.3 Å². The number of likely N-dealkylation sites (tertiary alicyclic amines) is 1. The average molecular weight is 900 g/mol. The topological polar surface area (TPSA) is 155 Å². The van der Waals surface area contributed by atoms with Crippen molar-refractivity contribution in [2.24, 2.45) is 7.05 Å². The minimum atomic E-state index is -1.16. The molecule has 0 radical (unpaired) electrons. The Morgan fingerprint density at radius 3 is 2.33 bits per heavy atom. The van der Waals surface area contributed by atoms with E-state index in [9.17, 15) is 24.3 Å². The van der Waals surface area contributed by atoms with Gasteiger partial charge in [0.15, 0.2) is 17.9 Å². The largest absolute Gasteiger partial charge is 0.388 e. The van der Waals surface area contributed by atoms with E-state index in [1.54, 1.807) is 11.7 Å². The van der Waals surface area contributed by atoms with E-state index in [1.807, 2.05) is 101 Å². The summed E-state index contributed by atoms with van der Waals surface area (Å²) in [6.07, 6.45) is 13.3. The summed E-state index contributed by atoms with van der Waals surface area (Å²) in [6, 6.07) is 36.3. The third-order valence-electron chi connectivity index (χ3n) is 12.8. The van der Waals surface area contributed by atoms with Crippen LogP contribution in [0.25, 0.3) is 45.2 Å². The number of carbonyl (C=O) groups is 3. The Hall–Kier alpha value is -7.25. The maximum Gasteiger partial charge on any atom is 0.285 e. The van der Waals surface area contributed by atoms with Crippen LogP contribution in [0.3, 0.4) is 0 Å². The molecule has 13 heteroatoms. The fourth-order valence-corrected chi connectivity index (χ4v) is 8.84. The first-order valence-electron chi connectivity index (χ1n) is 23.3. The van der Waals surface area contributed by atoms with Gasteiger partial charge < -0.3 is 20.6 Å². The van der Waals surface area contributed by atoms with Gasteiger partial charge in [0.25, 0.3) is 11.5 Å². The quantitative estimate of drug-likeness (QED) is 0.0623. The highest BCUT2D eigenvalue weighted by molar-refractivity contribution is 5.93. The molecule has 1 aliphatic rings. The van der Waals surface area contributed by atoms with Crippen molar-refractivity contribution in [2.45, 2.75) is 83.0 Å². The molecule has 67 heavy (non-hydrogen) atoms. The number of nitrogens with zero attached hydrogens (tertiary/aromatic N) is 6. The highest BCUT2D eigenvalue weighted by atomic mass is 16.3. The minimum Gasteiger partial charge on any atom is -0.388 e. The van der Waals surface area contributed by atoms with Crippen LogP contribution in [0.2, 0.25) is 0 Å². The van der Waals surface area contributed by atoms with Gasteiger partial charge in [-0.25, -0.2) is 4.98 Å². The summed E-state index contributed by atoms with van der Waals surface area (Å²) < 4.78 is 4.93. The van der Waals surface area contributed by atoms with Crippen LogP contribution < -0.4 is 20.8 Å². The number of carbonyl (C=O) groups excluding carboxylic acids is 3. The van der Waals surface area contributed by atoms with Crippen LogP contribution in [-0.2, 0) is 41.1 Å². The molecule has 1 aliphatic heterocycles. The molecular formula is C54H59N8O5+. The second-order valence-electron chi connectivity index (χ2n) is 17.8. The van der Waals surface area contributed by atoms with Gasteiger partial charge in [-0.3, -0.25) is 28.4 Å². The molecule has 0 spiro atoms. The Labute approximate surface area is 390 Å². The maximum absolute atomic E-state index is 13.7. The lowest BCUT2D eigenvalue weighted by Crippen LogP contribution is -2.49. The standard InChI is InChI=1S/C54H58N8O5/c1-39(42-12-5-3-6-13-42)34-49(65)61-32-27-54(67,28-33-61)37-62-38-57-50-51(53(62)66)58-59(2)52(50)45-23-20-41(21-24-45)35-56-47(63)18-7-4-10-29-55-48(64)36-60-30-25-40(26-31-60)19-22-44-16-11-15-43-14-8-9-17-46(43)44/h3,5-6,8-9,11-17,19-26,30-31,38-39,67H,4,7,10,18,27-29,32-37H2,1-2H3,(H-,55,56,63,64)/p+1/b22-19+/t39-/m1/s1. The molecule has 3 amide bonds. The second-order valence-corrected chi connectivity index (χ2v) is 17.8. The molecule has 13 nitrogen and oxygen atoms in total. The predicted octanol–water partition coefficient (Wildman–Crippen LogP) is 6.95. The predicted molar refractivity (Wildman–Crippen MR) is 261 cm³/mol. The number of aliphatic hydroxyl groups is 1. The molecule has 8 rings (SSSR count). The number of nitrogens with one attached hydrogen (secondary N) is 2. The van der Waals surface area contributed by atoms with Crippen molar-refractivity contribution in [3.63, 3.8) is 0 Å². The Balaban J connectivity index is 0.733. The number of unbranched alkanes of at least 4 members (excludes halogenated alkanes) is 2. The molecule has 344 valence electrons. The minimum absolute atomic E-state index is 0.0322. The number of hydrogen-bond donors (Lipinski definition) is 3. The molecule has 1 fully saturated rings. The van der Waals surface area contributed by atoms with Crippen LogP contribution in [0, 0.1) is 0 Å². The number of fused-ring (bicyclic) bond motifs is 2. The summed E-state index contributed by atoms with van der Waals surface area (Å²) >= 11 is 0. The normalized spacial score (nSPS) is 14.1. The number of aromatic nitrogens is 5. The van der Waals surface area contributed by atoms with Gasteiger partial charge in [-0.1, -0.05) is 123 Å². The van der Waals surface area contributed by atoms with E-state index in [-0.39, 0.29) is 47.8 Å². The van der Waals surface area contributed by atoms with Crippen molar-refractivity contribution in [3.8, 4) is 11.3 Å². The molecule has 1 saturated heterocycles. The molecule has 3 aromatic heterocycles. The summed E-state index contributed by atoms with van der Waals surface area (Å²) in [5.74, 6) is 0.0785. The Morgan fingerprint density at radius 2 is 1.55 bits per heavy atom. The Morgan fingerprint density at radius 1 is 0.821 bits per heavy atom. The maximum atomic E-state index is 13.7. The molecule has 1 atom stereocenters. The van der Waals surface area contributed by atoms with Gasteiger partial charge in [0, 0.05) is 63.8 Å². The van der Waals surface area contributed by atoms with Gasteiger partial charge in [0.2, 0.25) is 18.4 Å². The zero-order chi connectivity index (χ0) is 46.8. The number of piperidine rings is 1. The highest BCUT2D eigenvalue weighted by Gasteiger charge is 2.35. The molecule has 7 aromatic rings. The summed E-state index contributed by atoms with van der Waals surface area (Å²) in [5.41, 5.74) is 4.97. The van der Waals surface area contributed by atoms with Crippen molar-refractivity contribution < 1.29 is 24.1 Å². The average Bonchev–Trinajstić information content (AvgIpc) is 3.69. The molecule has 0 bridgehead atoms. The number of amides is 3. The summed E-state index contributed by atoms with van der Waals surface area (Å²) in [4.78, 5) is 58.4. The molecule has 3 N–H and O–H groups in total. The molecule has 0 aliphatic carbocycles. The Kier molecular flexibility index (Phi) is 14.8. The fraction of sp³-hybridized carbons (Fsp3) is 0.315. The van der Waals surface area contributed by atoms with Gasteiger partial charge in [-0.05, 0) is 64.6 Å². The zero-order valence-corrected chi connectivity index (χ0v) is 38.3. The first-order valence-corrected chi connectivity index (χ1v) is 23.3. The van der Waals surface area contributed by atoms with Crippen LogP contribution in [0.15, 0.2) is 133 Å². The van der Waals surface area contributed by atoms with Crippen molar-refractivity contribution in [1.82, 2.24) is 34.9 Å². The van der Waals surface area contributed by atoms with Crippen molar-refractivity contribution >= 4 is 51.7 Å². The smallest absolute Gasteiger partial charge is 0.285 e. The third-order valence-corrected chi connectivity index (χ3v) is 12.8. The van der Waals surface area contributed by atoms with E-state index in [2.05, 4.69) is 70.1 Å². The van der Waals surface area contributed by atoms with E-state index in [4.69, 9.17) is 0 Å². The van der Waals surface area contributed by atoms with Gasteiger partial charge in [-0.15, -0.1) is 0 Å². The van der Waals surface area contributed by atoms with E-state index >= 15 is 0 Å². The Bertz CT molecular complexity index is 2910. The molecule has 0 saturated carbocycles. The first-order chi connectivity index (χ1) is 32.5. The fourth-order valence-electron chi connectivity index (χ4n) is 8.84. The lowest BCUT2D eigenvalue weighted by atomic mass is 9.90. The summed E-state index contributed by atoms with van der Waals surface area (Å²) in [6.45, 7) is 4.12. The SMILES string of the molecule is C[C@H](CC(=O)N1CCC(O)(Cn2cnc3c(-c4ccc(CNC(=O)CCCCCNC(=O)C[n+]5ccc(/C=C/c6cccc7ccccc67)cc5)cc4)n(C)nc3c2=O)CC1)c1ccccc1. The molecule has 0 unspecified atom stereocenters. The highest BCUT2D eigenvalue weighted by Crippen LogP contribution is 2.29. The number of pyridine rings is 1. The van der Waals surface area contributed by atoms with E-state index < -0.39 is 5.60 Å². The zero-order valence-electron chi connectivity index (χ0n) is 38.3. The monoisotopic (exact) mass is 899 g/mol. The van der Waals surface area contributed by atoms with Crippen molar-refractivity contribution in [3.05, 3.63) is 161 Å². The number of hydrogen-bond acceptors (Lipinski definition) is 7. The summed E-state index contributed by atoms with van der Waals surface area (Å²) in [5, 5.41) is 24.5. The van der Waals surface area contributed by atoms with Crippen LogP contribution in [0.1, 0.15) is 80.0 Å². The molecule has 4 heterocycles. The van der Waals surface area contributed by atoms with Crippen LogP contribution in [0.4, 0.5) is 0 Å². The number of benzene rings is 4. The molecule has 4 aromatic carbocycles. The van der Waals surface area contributed by atoms with Gasteiger partial charge in [0.05, 0.1) is 24.2 Å². The van der Waals surface area contributed by atoms with Crippen molar-refractivity contribution in [2.75, 3.05) is 19.6 Å². The number of aryl methyl sites for hydroxylation is 1. The molecular weight excluding hydrogens is 841 g/mol.